The summed E-state index contributed by atoms with van der Waals surface area (Å²) < 4.78 is 27.2. The number of carbonyl (C=O) groups is 1. The number of carbonyl (C=O) groups excluding carboxylic acids is 1. The number of aryl methyl sites for hydroxylation is 1. The van der Waals surface area contributed by atoms with Crippen molar-refractivity contribution in [3.8, 4) is 0 Å². The summed E-state index contributed by atoms with van der Waals surface area (Å²) in [6, 6.07) is 8.49. The van der Waals surface area contributed by atoms with Crippen LogP contribution in [0, 0.1) is 18.6 Å². The summed E-state index contributed by atoms with van der Waals surface area (Å²) in [4.78, 5) is 12.0. The molecule has 0 aliphatic carbocycles. The lowest BCUT2D eigenvalue weighted by Crippen LogP contribution is -2.08. The second-order valence-electron chi connectivity index (χ2n) is 4.28. The molecule has 98 valence electrons. The predicted molar refractivity (Wildman–Crippen MR) is 70.6 cm³/mol. The predicted octanol–water partition coefficient (Wildman–Crippen LogP) is 4.35. The van der Waals surface area contributed by atoms with Crippen LogP contribution in [-0.2, 0) is 6.42 Å². The maximum Gasteiger partial charge on any atom is 0.170 e. The van der Waals surface area contributed by atoms with Gasteiger partial charge in [-0.2, -0.15) is 0 Å². The van der Waals surface area contributed by atoms with Gasteiger partial charge < -0.3 is 0 Å². The molecule has 0 fully saturated rings. The lowest BCUT2D eigenvalue weighted by Gasteiger charge is -2.06. The van der Waals surface area contributed by atoms with Crippen molar-refractivity contribution in [2.24, 2.45) is 0 Å². The second-order valence-corrected chi connectivity index (χ2v) is 4.69. The highest BCUT2D eigenvalue weighted by Crippen LogP contribution is 2.21. The fraction of sp³-hybridized carbons (Fsp3) is 0.133. The largest absolute Gasteiger partial charge is 0.294 e. The smallest absolute Gasteiger partial charge is 0.170 e. The molecule has 0 heterocycles. The summed E-state index contributed by atoms with van der Waals surface area (Å²) in [6.45, 7) is 1.73. The van der Waals surface area contributed by atoms with Crippen molar-refractivity contribution in [2.75, 3.05) is 0 Å². The zero-order chi connectivity index (χ0) is 14.0. The lowest BCUT2D eigenvalue weighted by molar-refractivity contribution is 0.0988. The van der Waals surface area contributed by atoms with Crippen molar-refractivity contribution in [3.63, 3.8) is 0 Å². The quantitative estimate of drug-likeness (QED) is 0.764. The highest BCUT2D eigenvalue weighted by Gasteiger charge is 2.16. The third kappa shape index (κ3) is 2.99. The number of rotatable bonds is 3. The van der Waals surface area contributed by atoms with Crippen LogP contribution >= 0.6 is 11.6 Å². The Kier molecular flexibility index (Phi) is 3.96. The normalized spacial score (nSPS) is 10.5. The van der Waals surface area contributed by atoms with Gasteiger partial charge in [0.2, 0.25) is 0 Å². The Balaban J connectivity index is 2.31. The molecule has 0 aliphatic rings. The van der Waals surface area contributed by atoms with E-state index in [-0.39, 0.29) is 22.6 Å². The van der Waals surface area contributed by atoms with Crippen molar-refractivity contribution in [2.45, 2.75) is 13.3 Å². The SMILES string of the molecule is Cc1ccc(C(=O)Cc2c(F)cccc2Cl)c(F)c1. The third-order valence-electron chi connectivity index (χ3n) is 2.82. The van der Waals surface area contributed by atoms with Gasteiger partial charge in [0.1, 0.15) is 11.6 Å². The maximum absolute atomic E-state index is 13.7. The van der Waals surface area contributed by atoms with E-state index >= 15 is 0 Å². The fourth-order valence-corrected chi connectivity index (χ4v) is 2.03. The van der Waals surface area contributed by atoms with Crippen molar-refractivity contribution in [1.29, 1.82) is 0 Å². The topological polar surface area (TPSA) is 17.1 Å². The van der Waals surface area contributed by atoms with Crippen molar-refractivity contribution < 1.29 is 13.6 Å². The minimum absolute atomic E-state index is 0.0510. The molecule has 4 heteroatoms. The van der Waals surface area contributed by atoms with Crippen LogP contribution in [0.5, 0.6) is 0 Å². The molecule has 0 unspecified atom stereocenters. The summed E-state index contributed by atoms with van der Waals surface area (Å²) in [7, 11) is 0. The van der Waals surface area contributed by atoms with E-state index in [1.54, 1.807) is 13.0 Å². The molecule has 0 atom stereocenters. The standard InChI is InChI=1S/C15H11ClF2O/c1-9-5-6-10(14(18)7-9)15(19)8-11-12(16)3-2-4-13(11)17/h2-7H,8H2,1H3. The summed E-state index contributed by atoms with van der Waals surface area (Å²) >= 11 is 5.84. The Bertz CT molecular complexity index is 618. The molecule has 0 saturated heterocycles. The van der Waals surface area contributed by atoms with Gasteiger partial charge in [0.15, 0.2) is 5.78 Å². The number of benzene rings is 2. The lowest BCUT2D eigenvalue weighted by atomic mass is 10.0. The molecule has 0 aromatic heterocycles. The number of halogens is 3. The monoisotopic (exact) mass is 280 g/mol. The number of ketones is 1. The van der Waals surface area contributed by atoms with Crippen LogP contribution in [0.1, 0.15) is 21.5 Å². The third-order valence-corrected chi connectivity index (χ3v) is 3.18. The first kappa shape index (κ1) is 13.7. The molecule has 0 N–H and O–H groups in total. The molecule has 0 aliphatic heterocycles. The Morgan fingerprint density at radius 3 is 2.53 bits per heavy atom. The number of Topliss-reactive ketones (excluding diaryl/α,β-unsaturated/α-hetero) is 1. The van der Waals surface area contributed by atoms with Gasteiger partial charge in [-0.3, -0.25) is 4.79 Å². The second kappa shape index (κ2) is 5.49. The molecular weight excluding hydrogens is 270 g/mol. The van der Waals surface area contributed by atoms with Crippen LogP contribution in [-0.4, -0.2) is 5.78 Å². The van der Waals surface area contributed by atoms with Gasteiger partial charge in [-0.05, 0) is 36.8 Å². The van der Waals surface area contributed by atoms with Gasteiger partial charge in [0.25, 0.3) is 0 Å². The van der Waals surface area contributed by atoms with Gasteiger partial charge in [-0.25, -0.2) is 8.78 Å². The van der Waals surface area contributed by atoms with Crippen molar-refractivity contribution >= 4 is 17.4 Å². The van der Waals surface area contributed by atoms with E-state index in [4.69, 9.17) is 11.6 Å². The van der Waals surface area contributed by atoms with E-state index in [2.05, 4.69) is 0 Å². The average molecular weight is 281 g/mol. The first-order valence-electron chi connectivity index (χ1n) is 5.71. The van der Waals surface area contributed by atoms with Crippen molar-refractivity contribution in [3.05, 3.63) is 69.7 Å². The summed E-state index contributed by atoms with van der Waals surface area (Å²) in [5.41, 5.74) is 0.761. The van der Waals surface area contributed by atoms with E-state index < -0.39 is 17.4 Å². The first-order valence-corrected chi connectivity index (χ1v) is 6.09. The van der Waals surface area contributed by atoms with Crippen LogP contribution in [0.4, 0.5) is 8.78 Å². The Morgan fingerprint density at radius 1 is 1.16 bits per heavy atom. The minimum Gasteiger partial charge on any atom is -0.294 e. The molecule has 2 aromatic rings. The zero-order valence-corrected chi connectivity index (χ0v) is 11.0. The van der Waals surface area contributed by atoms with Gasteiger partial charge in [-0.15, -0.1) is 0 Å². The van der Waals surface area contributed by atoms with E-state index in [1.807, 2.05) is 0 Å². The van der Waals surface area contributed by atoms with Crippen LogP contribution in [0.25, 0.3) is 0 Å². The maximum atomic E-state index is 13.7. The molecule has 2 rings (SSSR count). The molecule has 2 aromatic carbocycles. The van der Waals surface area contributed by atoms with Gasteiger partial charge in [0, 0.05) is 17.0 Å². The van der Waals surface area contributed by atoms with Gasteiger partial charge in [-0.1, -0.05) is 23.7 Å². The fourth-order valence-electron chi connectivity index (χ4n) is 1.80. The molecule has 0 bridgehead atoms. The molecule has 0 saturated carbocycles. The van der Waals surface area contributed by atoms with E-state index in [1.165, 1.54) is 30.3 Å². The summed E-state index contributed by atoms with van der Waals surface area (Å²) in [5, 5.41) is 0.167. The molecule has 0 spiro atoms. The minimum atomic E-state index is -0.600. The van der Waals surface area contributed by atoms with Gasteiger partial charge in [0.05, 0.1) is 5.56 Å². The van der Waals surface area contributed by atoms with E-state index in [0.717, 1.165) is 5.56 Å². The highest BCUT2D eigenvalue weighted by atomic mass is 35.5. The highest BCUT2D eigenvalue weighted by molar-refractivity contribution is 6.31. The summed E-state index contributed by atoms with van der Waals surface area (Å²) in [5.74, 6) is -1.66. The van der Waals surface area contributed by atoms with E-state index in [9.17, 15) is 13.6 Å². The van der Waals surface area contributed by atoms with Gasteiger partial charge >= 0.3 is 0 Å². The molecule has 1 nitrogen and oxygen atoms in total. The Hall–Kier alpha value is -1.74. The van der Waals surface area contributed by atoms with Crippen LogP contribution in [0.2, 0.25) is 5.02 Å². The first-order chi connectivity index (χ1) is 8.99. The number of hydrogen-bond acceptors (Lipinski definition) is 1. The average Bonchev–Trinajstić information content (AvgIpc) is 2.33. The molecule has 0 radical (unpaired) electrons. The van der Waals surface area contributed by atoms with Crippen LogP contribution in [0.15, 0.2) is 36.4 Å². The van der Waals surface area contributed by atoms with E-state index in [0.29, 0.717) is 0 Å². The molecular formula is C15H11ClF2O. The Morgan fingerprint density at radius 2 is 1.89 bits per heavy atom. The molecule has 19 heavy (non-hydrogen) atoms. The number of hydrogen-bond donors (Lipinski definition) is 0. The van der Waals surface area contributed by atoms with Crippen molar-refractivity contribution in [1.82, 2.24) is 0 Å². The zero-order valence-electron chi connectivity index (χ0n) is 10.2. The van der Waals surface area contributed by atoms with Crippen LogP contribution in [0.3, 0.4) is 0 Å². The summed E-state index contributed by atoms with van der Waals surface area (Å²) in [6.07, 6.45) is -0.258. The molecule has 0 amide bonds. The van der Waals surface area contributed by atoms with Crippen LogP contribution < -0.4 is 0 Å². The Labute approximate surface area is 114 Å².